The average molecular weight is 401 g/mol. The zero-order chi connectivity index (χ0) is 19.4. The lowest BCUT2D eigenvalue weighted by Crippen LogP contribution is -2.38. The first-order valence-corrected chi connectivity index (χ1v) is 9.69. The molecule has 0 spiro atoms. The largest absolute Gasteiger partial charge is 0.314 e. The van der Waals surface area contributed by atoms with Crippen LogP contribution < -0.4 is 15.1 Å². The number of anilines is 2. The highest BCUT2D eigenvalue weighted by molar-refractivity contribution is 7.93. The van der Waals surface area contributed by atoms with Crippen molar-refractivity contribution in [2.24, 2.45) is 0 Å². The zero-order valence-corrected chi connectivity index (χ0v) is 16.7. The Morgan fingerprint density at radius 1 is 1.42 bits per heavy atom. The number of carbonyl (C=O) groups is 2. The smallest absolute Gasteiger partial charge is 0.246 e. The molecule has 2 rings (SSSR count). The van der Waals surface area contributed by atoms with Crippen LogP contribution in [-0.4, -0.2) is 56.5 Å². The third kappa shape index (κ3) is 4.83. The summed E-state index contributed by atoms with van der Waals surface area (Å²) in [7, 11) is 1.70. The van der Waals surface area contributed by atoms with Crippen LogP contribution in [0, 0.1) is 0 Å². The second-order valence-electron chi connectivity index (χ2n) is 6.33. The lowest BCUT2D eigenvalue weighted by atomic mass is 10.2. The van der Waals surface area contributed by atoms with Crippen molar-refractivity contribution in [3.8, 4) is 0 Å². The predicted molar refractivity (Wildman–Crippen MR) is 105 cm³/mol. The van der Waals surface area contributed by atoms with Crippen molar-refractivity contribution >= 4 is 47.3 Å². The fraction of sp³-hybridized carbons (Fsp3) is 0.500. The van der Waals surface area contributed by atoms with Crippen molar-refractivity contribution in [1.29, 1.82) is 0 Å². The van der Waals surface area contributed by atoms with Crippen molar-refractivity contribution in [2.45, 2.75) is 32.4 Å². The number of nitrogens with zero attached hydrogens (tertiary/aromatic N) is 3. The molecule has 10 heteroatoms. The number of likely N-dealkylation sites (N-methyl/N-ethyl adjacent to an activating group) is 1. The Labute approximate surface area is 161 Å². The van der Waals surface area contributed by atoms with Gasteiger partial charge in [0.25, 0.3) is 0 Å². The minimum atomic E-state index is -2.31. The molecule has 1 aromatic carbocycles. The van der Waals surface area contributed by atoms with Gasteiger partial charge in [-0.25, -0.2) is 4.21 Å². The summed E-state index contributed by atoms with van der Waals surface area (Å²) in [6.45, 7) is 4.63. The zero-order valence-electron chi connectivity index (χ0n) is 15.0. The van der Waals surface area contributed by atoms with Crippen molar-refractivity contribution < 1.29 is 18.4 Å². The normalized spacial score (nSPS) is 18.7. The Hall–Kier alpha value is -1.46. The van der Waals surface area contributed by atoms with E-state index in [-0.39, 0.29) is 24.4 Å². The quantitative estimate of drug-likeness (QED) is 0.470. The van der Waals surface area contributed by atoms with Crippen LogP contribution in [0.15, 0.2) is 24.3 Å². The van der Waals surface area contributed by atoms with Crippen molar-refractivity contribution in [2.75, 3.05) is 29.9 Å². The molecular formula is C16H24N4O4S2. The van der Waals surface area contributed by atoms with Crippen LogP contribution in [0.5, 0.6) is 0 Å². The monoisotopic (exact) mass is 400 g/mol. The van der Waals surface area contributed by atoms with Crippen LogP contribution >= 0.6 is 12.8 Å². The van der Waals surface area contributed by atoms with Crippen LogP contribution in [0.2, 0.25) is 0 Å². The fourth-order valence-electron chi connectivity index (χ4n) is 2.65. The molecule has 0 aromatic heterocycles. The number of carbonyl (C=O) groups excluding carboxylic acids is 2. The highest BCUT2D eigenvalue weighted by Crippen LogP contribution is 2.27. The first kappa shape index (κ1) is 20.8. The number of hydrogen-bond acceptors (Lipinski definition) is 5. The van der Waals surface area contributed by atoms with Crippen molar-refractivity contribution in [3.63, 3.8) is 0 Å². The van der Waals surface area contributed by atoms with Crippen molar-refractivity contribution in [3.05, 3.63) is 24.3 Å². The van der Waals surface area contributed by atoms with Crippen LogP contribution in [0.1, 0.15) is 20.3 Å². The van der Waals surface area contributed by atoms with Gasteiger partial charge in [0.2, 0.25) is 23.1 Å². The average Bonchev–Trinajstić information content (AvgIpc) is 2.99. The molecule has 1 fully saturated rings. The summed E-state index contributed by atoms with van der Waals surface area (Å²) >= 11 is 1.60. The van der Waals surface area contributed by atoms with Gasteiger partial charge in [-0.3, -0.25) is 14.1 Å². The predicted octanol–water partition coefficient (Wildman–Crippen LogP) is 1.04. The molecule has 26 heavy (non-hydrogen) atoms. The second kappa shape index (κ2) is 8.96. The molecule has 2 unspecified atom stereocenters. The third-order valence-electron chi connectivity index (χ3n) is 4.19. The minimum absolute atomic E-state index is 0.0556. The summed E-state index contributed by atoms with van der Waals surface area (Å²) in [5, 5.41) is 3.08. The number of hydrogen-bond donors (Lipinski definition) is 3. The Kier molecular flexibility index (Phi) is 7.18. The molecule has 0 bridgehead atoms. The second-order valence-corrected chi connectivity index (χ2v) is 7.89. The van der Waals surface area contributed by atoms with Crippen LogP contribution in [0.3, 0.4) is 0 Å². The Balaban J connectivity index is 2.04. The number of rotatable bonds is 7. The summed E-state index contributed by atoms with van der Waals surface area (Å²) in [5.41, 5.74) is 1.40. The molecule has 1 aromatic rings. The molecular weight excluding hydrogens is 376 g/mol. The SMILES string of the molecule is CC(C)NCC(=O)N(C)c1ccc(N2CCC(N(S)S(=O)O)C2=O)cc1. The lowest BCUT2D eigenvalue weighted by Gasteiger charge is -2.22. The van der Waals surface area contributed by atoms with E-state index < -0.39 is 17.3 Å². The minimum Gasteiger partial charge on any atom is -0.314 e. The van der Waals surface area contributed by atoms with Crippen LogP contribution in [0.25, 0.3) is 0 Å². The molecule has 1 aliphatic heterocycles. The van der Waals surface area contributed by atoms with Crippen molar-refractivity contribution in [1.82, 2.24) is 9.03 Å². The summed E-state index contributed by atoms with van der Waals surface area (Å²) in [5.74, 6) is -0.333. The Morgan fingerprint density at radius 2 is 2.04 bits per heavy atom. The van der Waals surface area contributed by atoms with Gasteiger partial charge in [-0.05, 0) is 30.7 Å². The van der Waals surface area contributed by atoms with Gasteiger partial charge >= 0.3 is 0 Å². The Morgan fingerprint density at radius 3 is 2.58 bits per heavy atom. The molecule has 2 atom stereocenters. The van der Waals surface area contributed by atoms with Gasteiger partial charge < -0.3 is 15.1 Å². The molecule has 2 N–H and O–H groups in total. The van der Waals surface area contributed by atoms with Gasteiger partial charge in [0, 0.05) is 31.0 Å². The summed E-state index contributed by atoms with van der Waals surface area (Å²) in [6.07, 6.45) is 0.412. The van der Waals surface area contributed by atoms with E-state index in [1.54, 1.807) is 41.1 Å². The first-order chi connectivity index (χ1) is 12.2. The van der Waals surface area contributed by atoms with E-state index in [9.17, 15) is 13.8 Å². The highest BCUT2D eigenvalue weighted by atomic mass is 32.2. The standard InChI is InChI=1S/C16H24N4O4S2/c1-11(2)17-10-15(21)18(3)12-4-6-13(7-5-12)19-9-8-14(16(19)22)20(25)26(23)24/h4-7,11,14,17,25H,8-10H2,1-3H3,(H,23,24). The molecule has 0 radical (unpaired) electrons. The fourth-order valence-corrected chi connectivity index (χ4v) is 3.27. The number of benzene rings is 1. The van der Waals surface area contributed by atoms with E-state index in [1.807, 2.05) is 13.8 Å². The molecule has 1 saturated heterocycles. The number of thiol groups is 1. The Bertz CT molecular complexity index is 683. The summed E-state index contributed by atoms with van der Waals surface area (Å²) in [4.78, 5) is 27.7. The van der Waals surface area contributed by atoms with E-state index in [4.69, 9.17) is 4.55 Å². The molecule has 0 saturated carbocycles. The maximum Gasteiger partial charge on any atom is 0.246 e. The topological polar surface area (TPSA) is 93.2 Å². The number of amides is 2. The molecule has 0 aliphatic carbocycles. The molecule has 1 heterocycles. The van der Waals surface area contributed by atoms with E-state index in [0.29, 0.717) is 18.7 Å². The van der Waals surface area contributed by atoms with Gasteiger partial charge in [0.1, 0.15) is 6.04 Å². The maximum atomic E-state index is 12.4. The van der Waals surface area contributed by atoms with Gasteiger partial charge in [-0.2, -0.15) is 0 Å². The van der Waals surface area contributed by atoms with Crippen LogP contribution in [-0.2, 0) is 20.9 Å². The lowest BCUT2D eigenvalue weighted by molar-refractivity contribution is -0.119. The molecule has 144 valence electrons. The maximum absolute atomic E-state index is 12.4. The highest BCUT2D eigenvalue weighted by Gasteiger charge is 2.37. The van der Waals surface area contributed by atoms with E-state index >= 15 is 0 Å². The third-order valence-corrected chi connectivity index (χ3v) is 5.46. The van der Waals surface area contributed by atoms with Gasteiger partial charge in [0.15, 0.2) is 0 Å². The van der Waals surface area contributed by atoms with Gasteiger partial charge in [-0.15, -0.1) is 3.71 Å². The van der Waals surface area contributed by atoms with Gasteiger partial charge in [-0.1, -0.05) is 26.7 Å². The van der Waals surface area contributed by atoms with Crippen LogP contribution in [0.4, 0.5) is 11.4 Å². The summed E-state index contributed by atoms with van der Waals surface area (Å²) < 4.78 is 21.0. The molecule has 2 amide bonds. The first-order valence-electron chi connectivity index (χ1n) is 8.22. The van der Waals surface area contributed by atoms with E-state index in [0.717, 1.165) is 9.40 Å². The van der Waals surface area contributed by atoms with E-state index in [1.165, 1.54) is 0 Å². The number of nitrogens with one attached hydrogen (secondary N) is 1. The van der Waals surface area contributed by atoms with Gasteiger partial charge in [0.05, 0.1) is 6.54 Å². The molecule has 8 nitrogen and oxygen atoms in total. The van der Waals surface area contributed by atoms with E-state index in [2.05, 4.69) is 18.1 Å². The summed E-state index contributed by atoms with van der Waals surface area (Å²) in [6, 6.07) is 6.54. The molecule has 1 aliphatic rings.